The molecule has 1 heterocycles. The summed E-state index contributed by atoms with van der Waals surface area (Å²) in [5.41, 5.74) is 2.39. The number of carbonyl (C=O) groups is 2. The minimum atomic E-state index is -0.651. The molecule has 8 heteroatoms. The van der Waals surface area contributed by atoms with E-state index in [9.17, 15) is 9.59 Å². The predicted molar refractivity (Wildman–Crippen MR) is 127 cm³/mol. The molecule has 160 valence electrons. The Morgan fingerprint density at radius 1 is 1.06 bits per heavy atom. The van der Waals surface area contributed by atoms with Crippen molar-refractivity contribution in [3.05, 3.63) is 103 Å². The summed E-state index contributed by atoms with van der Waals surface area (Å²) in [5, 5.41) is 0.758. The summed E-state index contributed by atoms with van der Waals surface area (Å²) in [6, 6.07) is 16.9. The van der Waals surface area contributed by atoms with Gasteiger partial charge in [0.2, 0.25) is 5.90 Å². The number of ether oxygens (including phenoxy) is 2. The van der Waals surface area contributed by atoms with Gasteiger partial charge in [-0.15, -0.1) is 0 Å². The highest BCUT2D eigenvalue weighted by Gasteiger charge is 2.26. The molecule has 0 atom stereocenters. The summed E-state index contributed by atoms with van der Waals surface area (Å²) in [6.07, 6.45) is 1.49. The lowest BCUT2D eigenvalue weighted by molar-refractivity contribution is -0.129. The fraction of sp³-hybridized carbons (Fsp3) is 0.0417. The zero-order valence-electron chi connectivity index (χ0n) is 16.6. The highest BCUT2D eigenvalue weighted by Crippen LogP contribution is 2.30. The van der Waals surface area contributed by atoms with E-state index in [-0.39, 0.29) is 17.3 Å². The number of hydrogen-bond donors (Lipinski definition) is 0. The SMILES string of the molecule is Cc1ccc(C(=O)Oc2ccc(Br)cc2/C=C2/N=C(c3ccc(Cl)cc3Cl)OC2=O)cc1. The average Bonchev–Trinajstić information content (AvgIpc) is 3.10. The molecule has 0 amide bonds. The molecule has 0 radical (unpaired) electrons. The standard InChI is InChI=1S/C24H14BrCl2NO4/c1-13-2-4-14(5-3-13)23(29)31-21-9-6-16(25)10-15(21)11-20-24(30)32-22(28-20)18-8-7-17(26)12-19(18)27/h2-12H,1H3/b20-11+. The molecular weight excluding hydrogens is 517 g/mol. The Bertz CT molecular complexity index is 1300. The predicted octanol–water partition coefficient (Wildman–Crippen LogP) is 6.63. The van der Waals surface area contributed by atoms with Crippen LogP contribution < -0.4 is 4.74 Å². The van der Waals surface area contributed by atoms with E-state index in [2.05, 4.69) is 20.9 Å². The van der Waals surface area contributed by atoms with Crippen LogP contribution in [0.4, 0.5) is 0 Å². The second-order valence-electron chi connectivity index (χ2n) is 6.90. The van der Waals surface area contributed by atoms with Gasteiger partial charge in [0.15, 0.2) is 5.70 Å². The topological polar surface area (TPSA) is 65.0 Å². The highest BCUT2D eigenvalue weighted by atomic mass is 79.9. The number of esters is 2. The van der Waals surface area contributed by atoms with Crippen LogP contribution in [0.2, 0.25) is 10.0 Å². The van der Waals surface area contributed by atoms with Gasteiger partial charge in [0.05, 0.1) is 16.1 Å². The first-order chi connectivity index (χ1) is 15.3. The van der Waals surface area contributed by atoms with E-state index in [0.29, 0.717) is 26.7 Å². The number of benzene rings is 3. The number of aliphatic imine (C=N–C) groups is 1. The number of carbonyl (C=O) groups excluding carboxylic acids is 2. The Hall–Kier alpha value is -2.93. The van der Waals surface area contributed by atoms with Crippen LogP contribution in [-0.4, -0.2) is 17.8 Å². The van der Waals surface area contributed by atoms with Crippen LogP contribution >= 0.6 is 39.1 Å². The van der Waals surface area contributed by atoms with Crippen LogP contribution in [0.15, 0.2) is 75.8 Å². The number of halogens is 3. The normalized spacial score (nSPS) is 14.3. The lowest BCUT2D eigenvalue weighted by Crippen LogP contribution is -2.09. The molecule has 1 aliphatic heterocycles. The third-order valence-corrected chi connectivity index (χ3v) is 5.58. The molecule has 0 bridgehead atoms. The smallest absolute Gasteiger partial charge is 0.363 e. The van der Waals surface area contributed by atoms with Crippen molar-refractivity contribution in [3.63, 3.8) is 0 Å². The van der Waals surface area contributed by atoms with Crippen LogP contribution in [0, 0.1) is 6.92 Å². The van der Waals surface area contributed by atoms with Crippen molar-refractivity contribution >= 4 is 63.0 Å². The largest absolute Gasteiger partial charge is 0.422 e. The van der Waals surface area contributed by atoms with E-state index >= 15 is 0 Å². The maximum atomic E-state index is 12.6. The molecular formula is C24H14BrCl2NO4. The first kappa shape index (κ1) is 22.3. The zero-order chi connectivity index (χ0) is 22.8. The first-order valence-corrected chi connectivity index (χ1v) is 10.9. The molecule has 1 aliphatic rings. The second-order valence-corrected chi connectivity index (χ2v) is 8.66. The van der Waals surface area contributed by atoms with Gasteiger partial charge in [0.1, 0.15) is 5.75 Å². The van der Waals surface area contributed by atoms with Crippen LogP contribution in [-0.2, 0) is 9.53 Å². The monoisotopic (exact) mass is 529 g/mol. The molecule has 0 N–H and O–H groups in total. The second kappa shape index (κ2) is 9.28. The summed E-state index contributed by atoms with van der Waals surface area (Å²) in [5.74, 6) is -0.830. The summed E-state index contributed by atoms with van der Waals surface area (Å²) >= 11 is 15.5. The molecule has 0 fully saturated rings. The van der Waals surface area contributed by atoms with Gasteiger partial charge in [0, 0.05) is 15.1 Å². The Kier molecular flexibility index (Phi) is 6.46. The van der Waals surface area contributed by atoms with Crippen molar-refractivity contribution in [3.8, 4) is 5.75 Å². The van der Waals surface area contributed by atoms with Gasteiger partial charge in [0.25, 0.3) is 0 Å². The van der Waals surface area contributed by atoms with Crippen molar-refractivity contribution in [2.45, 2.75) is 6.92 Å². The van der Waals surface area contributed by atoms with Gasteiger partial charge in [-0.05, 0) is 61.5 Å². The van der Waals surface area contributed by atoms with E-state index in [4.69, 9.17) is 32.7 Å². The van der Waals surface area contributed by atoms with Crippen molar-refractivity contribution in [1.29, 1.82) is 0 Å². The average molecular weight is 531 g/mol. The lowest BCUT2D eigenvalue weighted by Gasteiger charge is -2.08. The molecule has 3 aromatic carbocycles. The zero-order valence-corrected chi connectivity index (χ0v) is 19.7. The van der Waals surface area contributed by atoms with Crippen molar-refractivity contribution in [2.24, 2.45) is 4.99 Å². The first-order valence-electron chi connectivity index (χ1n) is 9.36. The lowest BCUT2D eigenvalue weighted by atomic mass is 10.1. The third-order valence-electron chi connectivity index (χ3n) is 4.54. The van der Waals surface area contributed by atoms with Crippen molar-refractivity contribution in [1.82, 2.24) is 0 Å². The van der Waals surface area contributed by atoms with Gasteiger partial charge >= 0.3 is 11.9 Å². The van der Waals surface area contributed by atoms with E-state index in [0.717, 1.165) is 10.0 Å². The maximum Gasteiger partial charge on any atom is 0.363 e. The summed E-state index contributed by atoms with van der Waals surface area (Å²) in [6.45, 7) is 1.93. The molecule has 0 unspecified atom stereocenters. The molecule has 0 aromatic heterocycles. The molecule has 4 rings (SSSR count). The van der Waals surface area contributed by atoms with Gasteiger partial charge < -0.3 is 9.47 Å². The Morgan fingerprint density at radius 3 is 2.53 bits per heavy atom. The fourth-order valence-electron chi connectivity index (χ4n) is 2.91. The Labute approximate surface area is 202 Å². The fourth-order valence-corrected chi connectivity index (χ4v) is 3.78. The number of nitrogens with zero attached hydrogens (tertiary/aromatic N) is 1. The summed E-state index contributed by atoms with van der Waals surface area (Å²) in [7, 11) is 0. The molecule has 0 saturated carbocycles. The quantitative estimate of drug-likeness (QED) is 0.216. The molecule has 32 heavy (non-hydrogen) atoms. The maximum absolute atomic E-state index is 12.6. The van der Waals surface area contributed by atoms with Gasteiger partial charge in [-0.1, -0.05) is 56.8 Å². The number of cyclic esters (lactones) is 1. The minimum absolute atomic E-state index is 0.0387. The third kappa shape index (κ3) is 4.93. The van der Waals surface area contributed by atoms with Crippen molar-refractivity contribution in [2.75, 3.05) is 0 Å². The molecule has 0 saturated heterocycles. The van der Waals surface area contributed by atoms with E-state index in [1.807, 2.05) is 19.1 Å². The number of aryl methyl sites for hydroxylation is 1. The molecule has 0 spiro atoms. The van der Waals surface area contributed by atoms with Gasteiger partial charge in [-0.25, -0.2) is 14.6 Å². The van der Waals surface area contributed by atoms with Crippen LogP contribution in [0.3, 0.4) is 0 Å². The van der Waals surface area contributed by atoms with E-state index in [1.165, 1.54) is 12.1 Å². The Morgan fingerprint density at radius 2 is 1.81 bits per heavy atom. The summed E-state index contributed by atoms with van der Waals surface area (Å²) < 4.78 is 11.6. The van der Waals surface area contributed by atoms with E-state index < -0.39 is 11.9 Å². The van der Waals surface area contributed by atoms with Crippen LogP contribution in [0.25, 0.3) is 6.08 Å². The molecule has 5 nitrogen and oxygen atoms in total. The number of rotatable bonds is 4. The molecule has 0 aliphatic carbocycles. The van der Waals surface area contributed by atoms with Gasteiger partial charge in [-0.2, -0.15) is 0 Å². The van der Waals surface area contributed by atoms with Crippen LogP contribution in [0.1, 0.15) is 27.0 Å². The van der Waals surface area contributed by atoms with Crippen molar-refractivity contribution < 1.29 is 19.1 Å². The minimum Gasteiger partial charge on any atom is -0.422 e. The Balaban J connectivity index is 1.66. The highest BCUT2D eigenvalue weighted by molar-refractivity contribution is 9.10. The van der Waals surface area contributed by atoms with Crippen LogP contribution in [0.5, 0.6) is 5.75 Å². The number of hydrogen-bond acceptors (Lipinski definition) is 5. The molecule has 3 aromatic rings. The van der Waals surface area contributed by atoms with Gasteiger partial charge in [-0.3, -0.25) is 0 Å². The summed E-state index contributed by atoms with van der Waals surface area (Å²) in [4.78, 5) is 29.3. The van der Waals surface area contributed by atoms with E-state index in [1.54, 1.807) is 42.5 Å².